The fourth-order valence-electron chi connectivity index (χ4n) is 2.89. The summed E-state index contributed by atoms with van der Waals surface area (Å²) < 4.78 is 5.99. The molecular formula is C11H20OSi. The molecule has 2 aliphatic carbocycles. The van der Waals surface area contributed by atoms with Crippen LogP contribution in [0.3, 0.4) is 0 Å². The van der Waals surface area contributed by atoms with Crippen molar-refractivity contribution >= 4 is 9.04 Å². The van der Waals surface area contributed by atoms with E-state index in [1.807, 2.05) is 0 Å². The van der Waals surface area contributed by atoms with Crippen molar-refractivity contribution in [3.8, 4) is 0 Å². The van der Waals surface area contributed by atoms with Crippen LogP contribution < -0.4 is 0 Å². The molecule has 0 radical (unpaired) electrons. The van der Waals surface area contributed by atoms with Crippen LogP contribution in [0.4, 0.5) is 0 Å². The lowest BCUT2D eigenvalue weighted by atomic mass is 9.89. The third-order valence-corrected chi connectivity index (χ3v) is 4.39. The minimum absolute atomic E-state index is 0.506. The van der Waals surface area contributed by atoms with Crippen molar-refractivity contribution in [1.82, 2.24) is 0 Å². The van der Waals surface area contributed by atoms with Gasteiger partial charge in [0.15, 0.2) is 9.04 Å². The molecule has 0 heterocycles. The molecule has 2 heteroatoms. The maximum atomic E-state index is 5.99. The van der Waals surface area contributed by atoms with E-state index in [4.69, 9.17) is 4.43 Å². The van der Waals surface area contributed by atoms with E-state index >= 15 is 0 Å². The van der Waals surface area contributed by atoms with Crippen LogP contribution >= 0.6 is 0 Å². The molecule has 1 nitrogen and oxygen atoms in total. The average molecular weight is 196 g/mol. The smallest absolute Gasteiger partial charge is 0.171 e. The van der Waals surface area contributed by atoms with Gasteiger partial charge < -0.3 is 4.43 Å². The zero-order valence-corrected chi connectivity index (χ0v) is 10.0. The monoisotopic (exact) mass is 196 g/mol. The van der Waals surface area contributed by atoms with Gasteiger partial charge in [-0.15, -0.1) is 0 Å². The maximum Gasteiger partial charge on any atom is 0.171 e. The van der Waals surface area contributed by atoms with Gasteiger partial charge in [0.05, 0.1) is 0 Å². The lowest BCUT2D eigenvalue weighted by molar-refractivity contribution is 0.135. The Hall–Kier alpha value is -0.0831. The predicted octanol–water partition coefficient (Wildman–Crippen LogP) is 2.59. The normalized spacial score (nSPS) is 38.9. The van der Waals surface area contributed by atoms with E-state index in [9.17, 15) is 0 Å². The molecule has 4 atom stereocenters. The van der Waals surface area contributed by atoms with E-state index in [0.29, 0.717) is 6.10 Å². The van der Waals surface area contributed by atoms with Gasteiger partial charge in [-0.3, -0.25) is 0 Å². The number of hydrogen-bond donors (Lipinski definition) is 0. The minimum Gasteiger partial charge on any atom is -0.418 e. The van der Waals surface area contributed by atoms with Crippen molar-refractivity contribution in [1.29, 1.82) is 0 Å². The molecule has 13 heavy (non-hydrogen) atoms. The molecule has 1 fully saturated rings. The highest BCUT2D eigenvalue weighted by Gasteiger charge is 2.38. The quantitative estimate of drug-likeness (QED) is 0.498. The van der Waals surface area contributed by atoms with Gasteiger partial charge in [-0.25, -0.2) is 0 Å². The summed E-state index contributed by atoms with van der Waals surface area (Å²) in [5.74, 6) is 2.55. The third kappa shape index (κ3) is 1.89. The molecule has 0 saturated heterocycles. The molecule has 2 rings (SSSR count). The molecule has 0 aromatic carbocycles. The molecule has 2 bridgehead atoms. The Labute approximate surface area is 82.9 Å². The lowest BCUT2D eigenvalue weighted by Gasteiger charge is -2.27. The molecular weight excluding hydrogens is 176 g/mol. The third-order valence-electron chi connectivity index (χ3n) is 3.42. The second-order valence-electron chi connectivity index (χ2n) is 4.83. The first-order valence-corrected chi connectivity index (χ1v) is 8.28. The summed E-state index contributed by atoms with van der Waals surface area (Å²) in [7, 11) is -0.832. The van der Waals surface area contributed by atoms with Crippen LogP contribution in [0.2, 0.25) is 13.1 Å². The van der Waals surface area contributed by atoms with Crippen molar-refractivity contribution in [2.24, 2.45) is 17.8 Å². The minimum atomic E-state index is -0.832. The van der Waals surface area contributed by atoms with Crippen molar-refractivity contribution in [2.45, 2.75) is 39.0 Å². The van der Waals surface area contributed by atoms with Crippen LogP contribution in [-0.2, 0) is 4.43 Å². The van der Waals surface area contributed by atoms with E-state index in [-0.39, 0.29) is 0 Å². The summed E-state index contributed by atoms with van der Waals surface area (Å²) in [6, 6.07) is 0. The van der Waals surface area contributed by atoms with E-state index in [2.05, 4.69) is 32.2 Å². The number of allylic oxidation sites excluding steroid dienone is 2. The van der Waals surface area contributed by atoms with E-state index in [0.717, 1.165) is 17.8 Å². The van der Waals surface area contributed by atoms with Gasteiger partial charge in [-0.05, 0) is 50.6 Å². The second kappa shape index (κ2) is 3.58. The molecule has 2 aliphatic rings. The van der Waals surface area contributed by atoms with Gasteiger partial charge in [0.2, 0.25) is 0 Å². The van der Waals surface area contributed by atoms with Crippen LogP contribution in [0, 0.1) is 17.8 Å². The lowest BCUT2D eigenvalue weighted by Crippen LogP contribution is -2.28. The standard InChI is InChI=1S/C11H20OSi/c1-8(12-13(2)3)11-7-9-4-5-10(11)6-9/h4-5,8-11,13H,6-7H2,1-3H3. The summed E-state index contributed by atoms with van der Waals surface area (Å²) in [4.78, 5) is 0. The Morgan fingerprint density at radius 2 is 2.08 bits per heavy atom. The SMILES string of the molecule is CC(O[SiH](C)C)C1CC2C=CC1C2. The Morgan fingerprint density at radius 1 is 1.31 bits per heavy atom. The van der Waals surface area contributed by atoms with E-state index < -0.39 is 9.04 Å². The van der Waals surface area contributed by atoms with Gasteiger partial charge in [0.1, 0.15) is 0 Å². The van der Waals surface area contributed by atoms with Gasteiger partial charge in [0.25, 0.3) is 0 Å². The van der Waals surface area contributed by atoms with Crippen LogP contribution in [0.25, 0.3) is 0 Å². The molecule has 0 N–H and O–H groups in total. The average Bonchev–Trinajstić information content (AvgIpc) is 2.62. The number of fused-ring (bicyclic) bond motifs is 2. The summed E-state index contributed by atoms with van der Waals surface area (Å²) in [5.41, 5.74) is 0. The number of rotatable bonds is 3. The fourth-order valence-corrected chi connectivity index (χ4v) is 3.95. The predicted molar refractivity (Wildman–Crippen MR) is 58.3 cm³/mol. The highest BCUT2D eigenvalue weighted by atomic mass is 28.3. The van der Waals surface area contributed by atoms with Crippen molar-refractivity contribution in [2.75, 3.05) is 0 Å². The Balaban J connectivity index is 1.91. The zero-order chi connectivity index (χ0) is 9.42. The van der Waals surface area contributed by atoms with Gasteiger partial charge in [0, 0.05) is 6.10 Å². The largest absolute Gasteiger partial charge is 0.418 e. The van der Waals surface area contributed by atoms with Crippen molar-refractivity contribution < 1.29 is 4.43 Å². The Bertz CT molecular complexity index is 212. The first kappa shape index (κ1) is 9.47. The molecule has 4 unspecified atom stereocenters. The summed E-state index contributed by atoms with van der Waals surface area (Å²) in [6.45, 7) is 6.80. The zero-order valence-electron chi connectivity index (χ0n) is 8.86. The Kier molecular flexibility index (Phi) is 2.61. The van der Waals surface area contributed by atoms with Crippen molar-refractivity contribution in [3.63, 3.8) is 0 Å². The van der Waals surface area contributed by atoms with Crippen LogP contribution in [0.5, 0.6) is 0 Å². The fraction of sp³-hybridized carbons (Fsp3) is 0.818. The maximum absolute atomic E-state index is 5.99. The number of hydrogen-bond acceptors (Lipinski definition) is 1. The summed E-state index contributed by atoms with van der Waals surface area (Å²) in [5, 5.41) is 0. The highest BCUT2D eigenvalue weighted by Crippen LogP contribution is 2.45. The molecule has 74 valence electrons. The first-order valence-electron chi connectivity index (χ1n) is 5.50. The van der Waals surface area contributed by atoms with Crippen molar-refractivity contribution in [3.05, 3.63) is 12.2 Å². The van der Waals surface area contributed by atoms with Gasteiger partial charge >= 0.3 is 0 Å². The first-order chi connectivity index (χ1) is 6.16. The highest BCUT2D eigenvalue weighted by molar-refractivity contribution is 6.48. The molecule has 1 saturated carbocycles. The van der Waals surface area contributed by atoms with Crippen LogP contribution in [0.1, 0.15) is 19.8 Å². The topological polar surface area (TPSA) is 9.23 Å². The van der Waals surface area contributed by atoms with Crippen LogP contribution in [0.15, 0.2) is 12.2 Å². The van der Waals surface area contributed by atoms with E-state index in [1.165, 1.54) is 12.8 Å². The molecule has 0 spiro atoms. The molecule has 0 aromatic heterocycles. The van der Waals surface area contributed by atoms with Crippen LogP contribution in [-0.4, -0.2) is 15.1 Å². The van der Waals surface area contributed by atoms with E-state index in [1.54, 1.807) is 0 Å². The second-order valence-corrected chi connectivity index (χ2v) is 7.20. The molecule has 0 aromatic rings. The Morgan fingerprint density at radius 3 is 2.54 bits per heavy atom. The molecule has 0 amide bonds. The molecule has 0 aliphatic heterocycles. The summed E-state index contributed by atoms with van der Waals surface area (Å²) >= 11 is 0. The summed E-state index contributed by atoms with van der Waals surface area (Å²) in [6.07, 6.45) is 8.11. The van der Waals surface area contributed by atoms with Gasteiger partial charge in [-0.1, -0.05) is 12.2 Å². The van der Waals surface area contributed by atoms with Gasteiger partial charge in [-0.2, -0.15) is 0 Å².